The first-order valence-corrected chi connectivity index (χ1v) is 5.42. The van der Waals surface area contributed by atoms with Crippen LogP contribution < -0.4 is 0 Å². The normalized spacial score (nSPS) is 12.4. The van der Waals surface area contributed by atoms with E-state index in [1.54, 1.807) is 0 Å². The van der Waals surface area contributed by atoms with Crippen molar-refractivity contribution < 1.29 is 9.50 Å². The van der Waals surface area contributed by atoms with Crippen LogP contribution in [-0.2, 0) is 6.42 Å². The van der Waals surface area contributed by atoms with Gasteiger partial charge in [-0.15, -0.1) is 0 Å². The van der Waals surface area contributed by atoms with E-state index in [4.69, 9.17) is 11.6 Å². The van der Waals surface area contributed by atoms with E-state index >= 15 is 0 Å². The molecule has 1 unspecified atom stereocenters. The Labute approximate surface area is 103 Å². The minimum Gasteiger partial charge on any atom is -0.386 e. The van der Waals surface area contributed by atoms with Crippen molar-refractivity contribution in [3.63, 3.8) is 0 Å². The number of rotatable bonds is 3. The molecule has 1 heterocycles. The summed E-state index contributed by atoms with van der Waals surface area (Å²) < 4.78 is 13.0. The van der Waals surface area contributed by atoms with Crippen LogP contribution in [0.5, 0.6) is 0 Å². The predicted octanol–water partition coefficient (Wildman–Crippen LogP) is 2.55. The lowest BCUT2D eigenvalue weighted by Crippen LogP contribution is -2.05. The number of halogens is 2. The summed E-state index contributed by atoms with van der Waals surface area (Å²) >= 11 is 5.91. The van der Waals surface area contributed by atoms with Crippen molar-refractivity contribution in [1.29, 1.82) is 0 Å². The fraction of sp³-hybridized carbons (Fsp3) is 0.167. The first kappa shape index (κ1) is 12.0. The Morgan fingerprint density at radius 2 is 2.18 bits per heavy atom. The zero-order valence-corrected chi connectivity index (χ0v) is 9.60. The van der Waals surface area contributed by atoms with Gasteiger partial charge in [0.05, 0.1) is 11.9 Å². The van der Waals surface area contributed by atoms with E-state index in [-0.39, 0.29) is 12.2 Å². The lowest BCUT2D eigenvalue weighted by Gasteiger charge is -2.10. The van der Waals surface area contributed by atoms with Gasteiger partial charge in [-0.1, -0.05) is 11.6 Å². The Bertz CT molecular complexity index is 507. The number of aromatic nitrogens is 2. The van der Waals surface area contributed by atoms with Gasteiger partial charge < -0.3 is 5.11 Å². The second-order valence-electron chi connectivity index (χ2n) is 3.59. The van der Waals surface area contributed by atoms with E-state index < -0.39 is 6.10 Å². The van der Waals surface area contributed by atoms with E-state index in [2.05, 4.69) is 9.97 Å². The minimum atomic E-state index is -0.844. The van der Waals surface area contributed by atoms with E-state index in [0.717, 1.165) is 0 Å². The summed E-state index contributed by atoms with van der Waals surface area (Å²) in [7, 11) is 0. The van der Waals surface area contributed by atoms with Crippen LogP contribution in [0, 0.1) is 5.82 Å². The van der Waals surface area contributed by atoms with Crippen molar-refractivity contribution in [2.75, 3.05) is 0 Å². The average molecular weight is 253 g/mol. The fourth-order valence-electron chi connectivity index (χ4n) is 1.50. The summed E-state index contributed by atoms with van der Waals surface area (Å²) in [5.74, 6) is -0.379. The number of hydrogen-bond donors (Lipinski definition) is 1. The third-order valence-electron chi connectivity index (χ3n) is 2.35. The van der Waals surface area contributed by atoms with Crippen molar-refractivity contribution in [2.24, 2.45) is 0 Å². The third-order valence-corrected chi connectivity index (χ3v) is 2.71. The summed E-state index contributed by atoms with van der Waals surface area (Å²) in [6, 6.07) is 4.05. The van der Waals surface area contributed by atoms with Gasteiger partial charge in [0.2, 0.25) is 0 Å². The van der Waals surface area contributed by atoms with Gasteiger partial charge in [0.25, 0.3) is 0 Å². The summed E-state index contributed by atoms with van der Waals surface area (Å²) in [5, 5.41) is 10.3. The molecule has 2 aromatic rings. The maximum Gasteiger partial charge on any atom is 0.123 e. The van der Waals surface area contributed by atoms with Gasteiger partial charge in [0.15, 0.2) is 0 Å². The minimum absolute atomic E-state index is 0.204. The molecular weight excluding hydrogens is 243 g/mol. The molecule has 0 bridgehead atoms. The Morgan fingerprint density at radius 3 is 2.88 bits per heavy atom. The number of benzene rings is 1. The molecule has 5 heteroatoms. The lowest BCUT2D eigenvalue weighted by molar-refractivity contribution is 0.173. The Balaban J connectivity index is 2.18. The molecule has 0 saturated heterocycles. The molecule has 2 rings (SSSR count). The first-order chi connectivity index (χ1) is 8.16. The highest BCUT2D eigenvalue weighted by molar-refractivity contribution is 6.31. The van der Waals surface area contributed by atoms with Gasteiger partial charge in [0.1, 0.15) is 11.9 Å². The number of aliphatic hydroxyl groups is 1. The molecule has 1 N–H and O–H groups in total. The monoisotopic (exact) mass is 252 g/mol. The molecule has 0 aliphatic rings. The van der Waals surface area contributed by atoms with Gasteiger partial charge in [-0.25, -0.2) is 4.39 Å². The van der Waals surface area contributed by atoms with Gasteiger partial charge in [-0.05, 0) is 23.8 Å². The van der Waals surface area contributed by atoms with Crippen molar-refractivity contribution in [3.05, 3.63) is 58.9 Å². The van der Waals surface area contributed by atoms with Gasteiger partial charge >= 0.3 is 0 Å². The third kappa shape index (κ3) is 2.99. The highest BCUT2D eigenvalue weighted by Crippen LogP contribution is 2.23. The summed E-state index contributed by atoms with van der Waals surface area (Å²) in [4.78, 5) is 7.84. The molecule has 0 aliphatic carbocycles. The van der Waals surface area contributed by atoms with Crippen LogP contribution in [0.4, 0.5) is 4.39 Å². The van der Waals surface area contributed by atoms with Crippen molar-refractivity contribution >= 4 is 11.6 Å². The highest BCUT2D eigenvalue weighted by Gasteiger charge is 2.12. The molecule has 17 heavy (non-hydrogen) atoms. The molecule has 0 radical (unpaired) electrons. The molecule has 0 aliphatic heterocycles. The summed E-state index contributed by atoms with van der Waals surface area (Å²) in [6.45, 7) is 0. The molecule has 0 fully saturated rings. The molecular formula is C12H10ClFN2O. The molecule has 0 spiro atoms. The second kappa shape index (κ2) is 5.21. The van der Waals surface area contributed by atoms with Crippen LogP contribution in [0.1, 0.15) is 17.4 Å². The molecule has 88 valence electrons. The zero-order valence-electron chi connectivity index (χ0n) is 8.85. The van der Waals surface area contributed by atoms with Crippen LogP contribution in [0.2, 0.25) is 5.02 Å². The van der Waals surface area contributed by atoms with E-state index in [9.17, 15) is 9.50 Å². The molecule has 3 nitrogen and oxygen atoms in total. The van der Waals surface area contributed by atoms with Gasteiger partial charge in [0, 0.05) is 23.8 Å². The van der Waals surface area contributed by atoms with Crippen LogP contribution in [0.15, 0.2) is 36.8 Å². The van der Waals surface area contributed by atoms with E-state index in [0.29, 0.717) is 16.3 Å². The maximum atomic E-state index is 13.0. The molecule has 0 amide bonds. The van der Waals surface area contributed by atoms with Crippen molar-refractivity contribution in [3.8, 4) is 0 Å². The Morgan fingerprint density at radius 1 is 1.35 bits per heavy atom. The maximum absolute atomic E-state index is 13.0. The Kier molecular flexibility index (Phi) is 3.66. The summed E-state index contributed by atoms with van der Waals surface area (Å²) in [6.07, 6.45) is 3.84. The van der Waals surface area contributed by atoms with Crippen molar-refractivity contribution in [2.45, 2.75) is 12.5 Å². The number of hydrogen-bond acceptors (Lipinski definition) is 3. The quantitative estimate of drug-likeness (QED) is 0.913. The van der Waals surface area contributed by atoms with E-state index in [1.165, 1.54) is 36.8 Å². The topological polar surface area (TPSA) is 46.0 Å². The number of aliphatic hydroxyl groups excluding tert-OH is 1. The van der Waals surface area contributed by atoms with Crippen LogP contribution >= 0.6 is 11.6 Å². The summed E-state index contributed by atoms with van der Waals surface area (Å²) in [5.41, 5.74) is 0.984. The molecule has 1 aromatic heterocycles. The smallest absolute Gasteiger partial charge is 0.123 e. The second-order valence-corrected chi connectivity index (χ2v) is 3.99. The predicted molar refractivity (Wildman–Crippen MR) is 62.1 cm³/mol. The SMILES string of the molecule is OC(Cc1cc(F)ccc1Cl)c1cnccn1. The van der Waals surface area contributed by atoms with Crippen LogP contribution in [0.25, 0.3) is 0 Å². The Hall–Kier alpha value is -1.52. The van der Waals surface area contributed by atoms with Crippen molar-refractivity contribution in [1.82, 2.24) is 9.97 Å². The average Bonchev–Trinajstić information content (AvgIpc) is 2.35. The molecule has 1 aromatic carbocycles. The zero-order chi connectivity index (χ0) is 12.3. The van der Waals surface area contributed by atoms with Gasteiger partial charge in [-0.2, -0.15) is 0 Å². The fourth-order valence-corrected chi connectivity index (χ4v) is 1.69. The van der Waals surface area contributed by atoms with E-state index in [1.807, 2.05) is 0 Å². The largest absolute Gasteiger partial charge is 0.386 e. The first-order valence-electron chi connectivity index (χ1n) is 5.04. The lowest BCUT2D eigenvalue weighted by atomic mass is 10.1. The van der Waals surface area contributed by atoms with Crippen LogP contribution in [-0.4, -0.2) is 15.1 Å². The standard InChI is InChI=1S/C12H10ClFN2O/c13-10-2-1-9(14)5-8(10)6-12(17)11-7-15-3-4-16-11/h1-5,7,12,17H,6H2. The highest BCUT2D eigenvalue weighted by atomic mass is 35.5. The van der Waals surface area contributed by atoms with Crippen LogP contribution in [0.3, 0.4) is 0 Å². The number of nitrogens with zero attached hydrogens (tertiary/aromatic N) is 2. The molecule has 0 saturated carbocycles. The molecule has 1 atom stereocenters. The van der Waals surface area contributed by atoms with Gasteiger partial charge in [-0.3, -0.25) is 9.97 Å².